The summed E-state index contributed by atoms with van der Waals surface area (Å²) in [7, 11) is 0. The van der Waals surface area contributed by atoms with Gasteiger partial charge in [-0.05, 0) is 79.5 Å². The van der Waals surface area contributed by atoms with Crippen molar-refractivity contribution in [1.82, 2.24) is 4.57 Å². The number of pyridine rings is 1. The molecule has 1 saturated carbocycles. The number of aromatic nitrogens is 1. The first kappa shape index (κ1) is 21.6. The molecule has 2 aliphatic rings. The third kappa shape index (κ3) is 3.70. The molecular weight excluding hydrogens is 425 g/mol. The van der Waals surface area contributed by atoms with Crippen molar-refractivity contribution in [1.29, 1.82) is 0 Å². The molecule has 1 saturated heterocycles. The molecule has 2 N–H and O–H groups in total. The number of hydrogen-bond donors (Lipinski definition) is 2. The lowest BCUT2D eigenvalue weighted by molar-refractivity contribution is -0.146. The van der Waals surface area contributed by atoms with Crippen molar-refractivity contribution < 1.29 is 24.1 Å². The summed E-state index contributed by atoms with van der Waals surface area (Å²) in [5.41, 5.74) is 2.79. The molecule has 2 heterocycles. The molecule has 0 unspecified atom stereocenters. The summed E-state index contributed by atoms with van der Waals surface area (Å²) in [6.45, 7) is 2.87. The van der Waals surface area contributed by atoms with E-state index in [1.54, 1.807) is 35.8 Å². The average Bonchev–Trinajstić information content (AvgIpc) is 2.76. The highest BCUT2D eigenvalue weighted by atomic mass is 19.1. The van der Waals surface area contributed by atoms with Gasteiger partial charge in [0.15, 0.2) is 0 Å². The van der Waals surface area contributed by atoms with E-state index >= 15 is 0 Å². The average molecular weight is 451 g/mol. The molecule has 2 aromatic carbocycles. The maximum absolute atomic E-state index is 14.1. The van der Waals surface area contributed by atoms with E-state index in [-0.39, 0.29) is 29.1 Å². The molecule has 0 amide bonds. The van der Waals surface area contributed by atoms with E-state index in [0.717, 1.165) is 29.7 Å². The summed E-state index contributed by atoms with van der Waals surface area (Å²) in [4.78, 5) is 25.2. The van der Waals surface area contributed by atoms with Crippen LogP contribution < -0.4 is 5.56 Å². The summed E-state index contributed by atoms with van der Waals surface area (Å²) in [5, 5.41) is 20.6. The van der Waals surface area contributed by atoms with Gasteiger partial charge in [-0.3, -0.25) is 9.59 Å². The number of aliphatic carboxylic acids is 1. The number of carboxylic acids is 1. The van der Waals surface area contributed by atoms with Gasteiger partial charge in [-0.1, -0.05) is 6.07 Å². The molecule has 0 radical (unpaired) electrons. The second-order valence-corrected chi connectivity index (χ2v) is 9.18. The molecule has 0 atom stereocenters. The monoisotopic (exact) mass is 451 g/mol. The molecule has 33 heavy (non-hydrogen) atoms. The summed E-state index contributed by atoms with van der Waals surface area (Å²) in [6.07, 6.45) is 2.26. The number of carboxylic acid groups (broad SMARTS) is 1. The third-order valence-corrected chi connectivity index (χ3v) is 7.12. The Morgan fingerprint density at radius 1 is 1.09 bits per heavy atom. The van der Waals surface area contributed by atoms with Gasteiger partial charge in [0, 0.05) is 36.4 Å². The van der Waals surface area contributed by atoms with E-state index in [1.165, 1.54) is 12.1 Å². The van der Waals surface area contributed by atoms with Gasteiger partial charge in [0.2, 0.25) is 0 Å². The number of hydrogen-bond acceptors (Lipinski definition) is 4. The largest absolute Gasteiger partial charge is 0.508 e. The number of benzene rings is 2. The second kappa shape index (κ2) is 8.30. The fraction of sp³-hybridized carbons (Fsp3) is 0.385. The number of halogens is 1. The zero-order chi connectivity index (χ0) is 23.3. The maximum atomic E-state index is 14.1. The molecule has 172 valence electrons. The highest BCUT2D eigenvalue weighted by Gasteiger charge is 2.39. The van der Waals surface area contributed by atoms with Crippen LogP contribution in [0.25, 0.3) is 21.9 Å². The number of carbonyl (C=O) groups is 1. The van der Waals surface area contributed by atoms with Crippen LogP contribution in [-0.4, -0.2) is 34.0 Å². The van der Waals surface area contributed by atoms with Crippen molar-refractivity contribution in [2.75, 3.05) is 13.2 Å². The van der Waals surface area contributed by atoms with Crippen LogP contribution in [0.5, 0.6) is 5.75 Å². The smallest absolute Gasteiger partial charge is 0.306 e. The first-order valence-corrected chi connectivity index (χ1v) is 11.3. The molecule has 1 aromatic heterocycles. The number of phenolic OH excluding ortho intramolecular Hbond substituents is 1. The van der Waals surface area contributed by atoms with Gasteiger partial charge in [-0.2, -0.15) is 0 Å². The number of phenols is 1. The van der Waals surface area contributed by atoms with Gasteiger partial charge in [0.05, 0.1) is 11.3 Å². The summed E-state index contributed by atoms with van der Waals surface area (Å²) in [6, 6.07) is 9.48. The van der Waals surface area contributed by atoms with Crippen molar-refractivity contribution in [3.63, 3.8) is 0 Å². The van der Waals surface area contributed by atoms with Crippen LogP contribution in [0.2, 0.25) is 0 Å². The van der Waals surface area contributed by atoms with Crippen LogP contribution in [0.1, 0.15) is 48.9 Å². The molecule has 5 rings (SSSR count). The zero-order valence-electron chi connectivity index (χ0n) is 18.4. The molecule has 7 heteroatoms. The SMILES string of the molecule is Cc1cc(-c2c(C3CCOCC3)n(C3CC(C(=O)O)C3)c(=O)c3cc(O)ccc23)ccc1F. The number of rotatable bonds is 4. The minimum atomic E-state index is -0.847. The third-order valence-electron chi connectivity index (χ3n) is 7.12. The van der Waals surface area contributed by atoms with E-state index in [1.807, 2.05) is 0 Å². The predicted molar refractivity (Wildman–Crippen MR) is 122 cm³/mol. The molecule has 6 nitrogen and oxygen atoms in total. The fourth-order valence-electron chi connectivity index (χ4n) is 5.26. The molecule has 1 aliphatic carbocycles. The van der Waals surface area contributed by atoms with E-state index in [0.29, 0.717) is 42.4 Å². The zero-order valence-corrected chi connectivity index (χ0v) is 18.4. The Balaban J connectivity index is 1.83. The van der Waals surface area contributed by atoms with Gasteiger partial charge in [0.25, 0.3) is 5.56 Å². The lowest BCUT2D eigenvalue weighted by atomic mass is 9.78. The van der Waals surface area contributed by atoms with E-state index < -0.39 is 11.9 Å². The van der Waals surface area contributed by atoms with E-state index in [4.69, 9.17) is 4.74 Å². The Bertz CT molecular complexity index is 1300. The highest BCUT2D eigenvalue weighted by Crippen LogP contribution is 2.45. The fourth-order valence-corrected chi connectivity index (χ4v) is 5.26. The normalized spacial score (nSPS) is 21.2. The highest BCUT2D eigenvalue weighted by molar-refractivity contribution is 5.98. The Labute approximate surface area is 190 Å². The predicted octanol–water partition coefficient (Wildman–Crippen LogP) is 4.75. The summed E-state index contributed by atoms with van der Waals surface area (Å²) < 4.78 is 21.5. The minimum Gasteiger partial charge on any atom is -0.508 e. The number of nitrogens with zero attached hydrogens (tertiary/aromatic N) is 1. The maximum Gasteiger partial charge on any atom is 0.306 e. The van der Waals surface area contributed by atoms with Crippen LogP contribution in [0.3, 0.4) is 0 Å². The molecule has 1 aliphatic heterocycles. The van der Waals surface area contributed by atoms with E-state index in [9.17, 15) is 24.2 Å². The summed E-state index contributed by atoms with van der Waals surface area (Å²) in [5.74, 6) is -1.58. The van der Waals surface area contributed by atoms with Crippen molar-refractivity contribution in [3.8, 4) is 16.9 Å². The van der Waals surface area contributed by atoms with Crippen LogP contribution in [0.15, 0.2) is 41.2 Å². The van der Waals surface area contributed by atoms with Crippen LogP contribution in [0, 0.1) is 18.7 Å². The van der Waals surface area contributed by atoms with Crippen LogP contribution >= 0.6 is 0 Å². The number of fused-ring (bicyclic) bond motifs is 1. The second-order valence-electron chi connectivity index (χ2n) is 9.18. The van der Waals surface area contributed by atoms with Crippen molar-refractivity contribution >= 4 is 16.7 Å². The van der Waals surface area contributed by atoms with Crippen molar-refractivity contribution in [2.45, 2.75) is 44.6 Å². The Hall–Kier alpha value is -3.19. The van der Waals surface area contributed by atoms with Gasteiger partial charge in [-0.25, -0.2) is 4.39 Å². The van der Waals surface area contributed by atoms with Crippen LogP contribution in [-0.2, 0) is 9.53 Å². The van der Waals surface area contributed by atoms with Gasteiger partial charge < -0.3 is 19.5 Å². The van der Waals surface area contributed by atoms with E-state index in [2.05, 4.69) is 0 Å². The van der Waals surface area contributed by atoms with Crippen molar-refractivity contribution in [3.05, 3.63) is 63.8 Å². The first-order valence-electron chi connectivity index (χ1n) is 11.3. The molecular formula is C26H26FNO5. The lowest BCUT2D eigenvalue weighted by Gasteiger charge is -2.38. The Morgan fingerprint density at radius 3 is 2.48 bits per heavy atom. The minimum absolute atomic E-state index is 0.0109. The van der Waals surface area contributed by atoms with Gasteiger partial charge in [0.1, 0.15) is 11.6 Å². The quantitative estimate of drug-likeness (QED) is 0.598. The first-order chi connectivity index (χ1) is 15.8. The molecule has 0 bridgehead atoms. The van der Waals surface area contributed by atoms with Gasteiger partial charge in [-0.15, -0.1) is 0 Å². The Kier molecular flexibility index (Phi) is 5.44. The van der Waals surface area contributed by atoms with Crippen molar-refractivity contribution in [2.24, 2.45) is 5.92 Å². The number of ether oxygens (including phenoxy) is 1. The number of aromatic hydroxyl groups is 1. The molecule has 2 fully saturated rings. The standard InChI is InChI=1S/C26H26FNO5/c1-14-10-16(2-5-22(14)27)23-20-4-3-19(29)13-21(20)25(30)28(18-11-17(12-18)26(31)32)24(23)15-6-8-33-9-7-15/h2-5,10,13,15,17-18,29H,6-9,11-12H2,1H3,(H,31,32). The number of aryl methyl sites for hydroxylation is 1. The van der Waals surface area contributed by atoms with Crippen LogP contribution in [0.4, 0.5) is 4.39 Å². The summed E-state index contributed by atoms with van der Waals surface area (Å²) >= 11 is 0. The topological polar surface area (TPSA) is 88.8 Å². The molecule has 0 spiro atoms. The van der Waals surface area contributed by atoms with Gasteiger partial charge >= 0.3 is 5.97 Å². The lowest BCUT2D eigenvalue weighted by Crippen LogP contribution is -2.40. The molecule has 3 aromatic rings. The Morgan fingerprint density at radius 2 is 1.82 bits per heavy atom.